The minimum Gasteiger partial charge on any atom is -0.339 e. The monoisotopic (exact) mass is 308 g/mol. The summed E-state index contributed by atoms with van der Waals surface area (Å²) >= 11 is 0. The summed E-state index contributed by atoms with van der Waals surface area (Å²) in [5.74, 6) is -0.571. The molecule has 0 unspecified atom stereocenters. The van der Waals surface area contributed by atoms with E-state index < -0.39 is 11.9 Å². The lowest BCUT2D eigenvalue weighted by atomic mass is 9.97. The zero-order chi connectivity index (χ0) is 15.7. The quantitative estimate of drug-likeness (QED) is 0.793. The van der Waals surface area contributed by atoms with Gasteiger partial charge in [0.15, 0.2) is 17.7 Å². The van der Waals surface area contributed by atoms with Gasteiger partial charge in [0.1, 0.15) is 6.10 Å². The molecule has 3 heteroatoms. The van der Waals surface area contributed by atoms with Crippen molar-refractivity contribution in [2.75, 3.05) is 0 Å². The summed E-state index contributed by atoms with van der Waals surface area (Å²) in [6.07, 6.45) is 3.02. The van der Waals surface area contributed by atoms with Crippen LogP contribution in [0.4, 0.5) is 0 Å². The van der Waals surface area contributed by atoms with Gasteiger partial charge in [0, 0.05) is 18.4 Å². The van der Waals surface area contributed by atoms with E-state index in [-0.39, 0.29) is 11.9 Å². The Balaban J connectivity index is 1.68. The lowest BCUT2D eigenvalue weighted by molar-refractivity contribution is -0.166. The number of ether oxygens (including phenoxy) is 2. The van der Waals surface area contributed by atoms with E-state index in [1.165, 1.54) is 0 Å². The molecule has 0 amide bonds. The maximum atomic E-state index is 13.0. The number of Topliss-reactive ketones (excluding diaryl/α,β-unsaturated/α-hetero) is 1. The van der Waals surface area contributed by atoms with Crippen molar-refractivity contribution in [3.63, 3.8) is 0 Å². The highest BCUT2D eigenvalue weighted by Crippen LogP contribution is 2.47. The minimum atomic E-state index is -0.574. The van der Waals surface area contributed by atoms with Crippen molar-refractivity contribution in [1.29, 1.82) is 0 Å². The van der Waals surface area contributed by atoms with Crippen LogP contribution in [-0.2, 0) is 9.47 Å². The molecule has 3 nitrogen and oxygen atoms in total. The van der Waals surface area contributed by atoms with Crippen LogP contribution in [0.5, 0.6) is 0 Å². The van der Waals surface area contributed by atoms with Crippen molar-refractivity contribution in [1.82, 2.24) is 0 Å². The van der Waals surface area contributed by atoms with Crippen LogP contribution in [0, 0.1) is 0 Å². The first kappa shape index (κ1) is 14.6. The Kier molecular flexibility index (Phi) is 3.76. The van der Waals surface area contributed by atoms with Gasteiger partial charge in [-0.15, -0.1) is 0 Å². The molecule has 1 spiro atoms. The molecule has 4 rings (SSSR count). The van der Waals surface area contributed by atoms with Crippen molar-refractivity contribution in [2.45, 2.75) is 43.7 Å². The number of ketones is 1. The molecule has 2 atom stereocenters. The van der Waals surface area contributed by atoms with Crippen molar-refractivity contribution in [3.05, 3.63) is 71.8 Å². The van der Waals surface area contributed by atoms with E-state index in [0.717, 1.165) is 31.2 Å². The molecule has 0 radical (unpaired) electrons. The number of carbonyl (C=O) groups excluding carboxylic acids is 1. The summed E-state index contributed by atoms with van der Waals surface area (Å²) in [5.41, 5.74) is 1.68. The normalized spacial score (nSPS) is 25.7. The molecule has 1 aliphatic carbocycles. The van der Waals surface area contributed by atoms with Gasteiger partial charge in [0.05, 0.1) is 0 Å². The Morgan fingerprint density at radius 3 is 2.13 bits per heavy atom. The van der Waals surface area contributed by atoms with E-state index in [9.17, 15) is 4.79 Å². The van der Waals surface area contributed by atoms with Crippen LogP contribution in [-0.4, -0.2) is 17.7 Å². The Morgan fingerprint density at radius 1 is 0.870 bits per heavy atom. The standard InChI is InChI=1S/C20H20O3/c21-17(15-9-3-1-4-10-15)19-18(16-11-5-2-6-12-16)22-20(23-19)13-7-8-14-20/h1-6,9-12,18-19H,7-8,13-14H2/t18-,19+/m0/s1. The molecule has 1 saturated carbocycles. The fraction of sp³-hybridized carbons (Fsp3) is 0.350. The second-order valence-electron chi connectivity index (χ2n) is 6.34. The van der Waals surface area contributed by atoms with Crippen LogP contribution in [0.1, 0.15) is 47.7 Å². The number of carbonyl (C=O) groups is 1. The summed E-state index contributed by atoms with van der Waals surface area (Å²) < 4.78 is 12.5. The van der Waals surface area contributed by atoms with E-state index in [4.69, 9.17) is 9.47 Å². The molecule has 2 aromatic carbocycles. The van der Waals surface area contributed by atoms with Crippen molar-refractivity contribution in [2.24, 2.45) is 0 Å². The zero-order valence-electron chi connectivity index (χ0n) is 13.0. The molecule has 1 saturated heterocycles. The predicted molar refractivity (Wildman–Crippen MR) is 87.1 cm³/mol. The largest absolute Gasteiger partial charge is 0.339 e. The van der Waals surface area contributed by atoms with Gasteiger partial charge in [-0.2, -0.15) is 0 Å². The number of hydrogen-bond acceptors (Lipinski definition) is 3. The predicted octanol–water partition coefficient (Wildman–Crippen LogP) is 4.30. The second kappa shape index (κ2) is 5.91. The third-order valence-electron chi connectivity index (χ3n) is 4.77. The molecule has 0 N–H and O–H groups in total. The Morgan fingerprint density at radius 2 is 1.48 bits per heavy atom. The van der Waals surface area contributed by atoms with Gasteiger partial charge in [-0.1, -0.05) is 60.7 Å². The average molecular weight is 308 g/mol. The van der Waals surface area contributed by atoms with E-state index in [1.807, 2.05) is 60.7 Å². The first-order chi connectivity index (χ1) is 11.3. The first-order valence-electron chi connectivity index (χ1n) is 8.27. The highest BCUT2D eigenvalue weighted by Gasteiger charge is 2.52. The lowest BCUT2D eigenvalue weighted by Crippen LogP contribution is -2.30. The van der Waals surface area contributed by atoms with Crippen LogP contribution >= 0.6 is 0 Å². The lowest BCUT2D eigenvalue weighted by Gasteiger charge is -2.21. The number of rotatable bonds is 3. The highest BCUT2D eigenvalue weighted by molar-refractivity contribution is 6.00. The van der Waals surface area contributed by atoms with Gasteiger partial charge >= 0.3 is 0 Å². The van der Waals surface area contributed by atoms with Crippen LogP contribution in [0.2, 0.25) is 0 Å². The third kappa shape index (κ3) is 2.71. The van der Waals surface area contributed by atoms with Crippen molar-refractivity contribution in [3.8, 4) is 0 Å². The summed E-state index contributed by atoms with van der Waals surface area (Å²) in [6.45, 7) is 0. The summed E-state index contributed by atoms with van der Waals surface area (Å²) in [6, 6.07) is 19.3. The molecule has 2 fully saturated rings. The molecule has 0 bridgehead atoms. The zero-order valence-corrected chi connectivity index (χ0v) is 13.0. The van der Waals surface area contributed by atoms with E-state index in [0.29, 0.717) is 5.56 Å². The molecule has 1 aliphatic heterocycles. The number of hydrogen-bond donors (Lipinski definition) is 0. The molecule has 23 heavy (non-hydrogen) atoms. The highest BCUT2D eigenvalue weighted by atomic mass is 16.8. The molecular weight excluding hydrogens is 288 g/mol. The maximum absolute atomic E-state index is 13.0. The SMILES string of the molecule is O=C(c1ccccc1)[C@H]1OC2(CCCC2)O[C@H]1c1ccccc1. The Hall–Kier alpha value is -1.97. The summed E-state index contributed by atoms with van der Waals surface area (Å²) in [7, 11) is 0. The van der Waals surface area contributed by atoms with Gasteiger partial charge in [-0.25, -0.2) is 0 Å². The van der Waals surface area contributed by atoms with E-state index >= 15 is 0 Å². The van der Waals surface area contributed by atoms with Gasteiger partial charge in [0.25, 0.3) is 0 Å². The molecule has 2 aliphatic rings. The van der Waals surface area contributed by atoms with Gasteiger partial charge in [0.2, 0.25) is 0 Å². The average Bonchev–Trinajstić information content (AvgIpc) is 3.23. The maximum Gasteiger partial charge on any atom is 0.194 e. The topological polar surface area (TPSA) is 35.5 Å². The van der Waals surface area contributed by atoms with Crippen LogP contribution in [0.25, 0.3) is 0 Å². The van der Waals surface area contributed by atoms with Gasteiger partial charge in [-0.3, -0.25) is 4.79 Å². The van der Waals surface area contributed by atoms with Crippen LogP contribution < -0.4 is 0 Å². The minimum absolute atomic E-state index is 0.00299. The second-order valence-corrected chi connectivity index (χ2v) is 6.34. The molecule has 1 heterocycles. The Labute approximate surface area is 136 Å². The summed E-state index contributed by atoms with van der Waals surface area (Å²) in [4.78, 5) is 13.0. The summed E-state index contributed by atoms with van der Waals surface area (Å²) in [5, 5.41) is 0. The van der Waals surface area contributed by atoms with Gasteiger partial charge < -0.3 is 9.47 Å². The smallest absolute Gasteiger partial charge is 0.194 e. The van der Waals surface area contributed by atoms with Gasteiger partial charge in [-0.05, 0) is 18.4 Å². The fourth-order valence-electron chi connectivity index (χ4n) is 3.61. The van der Waals surface area contributed by atoms with Crippen LogP contribution in [0.3, 0.4) is 0 Å². The van der Waals surface area contributed by atoms with E-state index in [1.54, 1.807) is 0 Å². The Bertz CT molecular complexity index is 675. The first-order valence-corrected chi connectivity index (χ1v) is 8.27. The molecular formula is C20H20O3. The van der Waals surface area contributed by atoms with Crippen LogP contribution in [0.15, 0.2) is 60.7 Å². The molecule has 118 valence electrons. The van der Waals surface area contributed by atoms with Crippen molar-refractivity contribution >= 4 is 5.78 Å². The molecule has 2 aromatic rings. The molecule has 0 aromatic heterocycles. The van der Waals surface area contributed by atoms with E-state index in [2.05, 4.69) is 0 Å². The third-order valence-corrected chi connectivity index (χ3v) is 4.77. The number of benzene rings is 2. The fourth-order valence-corrected chi connectivity index (χ4v) is 3.61. The van der Waals surface area contributed by atoms with Crippen molar-refractivity contribution < 1.29 is 14.3 Å².